The minimum absolute atomic E-state index is 0.139. The molecule has 60 valence electrons. The summed E-state index contributed by atoms with van der Waals surface area (Å²) < 4.78 is 0. The van der Waals surface area contributed by atoms with E-state index in [1.54, 1.807) is 0 Å². The maximum Gasteiger partial charge on any atom is 0.178 e. The van der Waals surface area contributed by atoms with Gasteiger partial charge in [0, 0.05) is 5.56 Å². The molecule has 0 aromatic heterocycles. The molecule has 1 aromatic carbocycles. The van der Waals surface area contributed by atoms with Gasteiger partial charge in [0.25, 0.3) is 0 Å². The van der Waals surface area contributed by atoms with Crippen LogP contribution in [0.25, 0.3) is 0 Å². The lowest BCUT2D eigenvalue weighted by Gasteiger charge is -2.04. The predicted octanol–water partition coefficient (Wildman–Crippen LogP) is 0.0810. The third-order valence-corrected chi connectivity index (χ3v) is 1.30. The van der Waals surface area contributed by atoms with Gasteiger partial charge in [0.2, 0.25) is 0 Å². The zero-order valence-corrected chi connectivity index (χ0v) is 5.60. The summed E-state index contributed by atoms with van der Waals surface area (Å²) in [5, 5.41) is 34.9. The summed E-state index contributed by atoms with van der Waals surface area (Å²) in [7, 11) is 0. The summed E-state index contributed by atoms with van der Waals surface area (Å²) in [6.07, 6.45) is -1.62. The molecule has 0 aliphatic heterocycles. The van der Waals surface area contributed by atoms with Crippen molar-refractivity contribution < 1.29 is 20.4 Å². The number of rotatable bonds is 1. The molecule has 1 aromatic rings. The lowest BCUT2D eigenvalue weighted by atomic mass is 10.2. The average Bonchev–Trinajstić information content (AvgIpc) is 1.94. The van der Waals surface area contributed by atoms with Crippen LogP contribution in [0.2, 0.25) is 0 Å². The molecule has 4 N–H and O–H groups in total. The van der Waals surface area contributed by atoms with E-state index >= 15 is 0 Å². The van der Waals surface area contributed by atoms with Crippen molar-refractivity contribution in [2.24, 2.45) is 0 Å². The zero-order chi connectivity index (χ0) is 8.43. The van der Waals surface area contributed by atoms with Crippen LogP contribution in [-0.2, 0) is 0 Å². The number of phenols is 2. The van der Waals surface area contributed by atoms with Crippen LogP contribution in [0.1, 0.15) is 11.9 Å². The van der Waals surface area contributed by atoms with Gasteiger partial charge in [-0.1, -0.05) is 6.07 Å². The van der Waals surface area contributed by atoms with Crippen molar-refractivity contribution in [3.63, 3.8) is 0 Å². The quantitative estimate of drug-likeness (QED) is 0.343. The summed E-state index contributed by atoms with van der Waals surface area (Å²) in [6, 6.07) is 3.57. The topological polar surface area (TPSA) is 80.9 Å². The van der Waals surface area contributed by atoms with Gasteiger partial charge < -0.3 is 20.4 Å². The van der Waals surface area contributed by atoms with Gasteiger partial charge in [-0.3, -0.25) is 0 Å². The van der Waals surface area contributed by atoms with Crippen LogP contribution in [0.5, 0.6) is 11.5 Å². The highest BCUT2D eigenvalue weighted by Gasteiger charge is 2.05. The third-order valence-electron chi connectivity index (χ3n) is 1.30. The van der Waals surface area contributed by atoms with E-state index in [9.17, 15) is 0 Å². The Morgan fingerprint density at radius 1 is 1.00 bits per heavy atom. The van der Waals surface area contributed by atoms with Gasteiger partial charge in [0.1, 0.15) is 0 Å². The lowest BCUT2D eigenvalue weighted by Crippen LogP contribution is -1.93. The third kappa shape index (κ3) is 1.60. The zero-order valence-electron chi connectivity index (χ0n) is 5.60. The Hall–Kier alpha value is -1.26. The van der Waals surface area contributed by atoms with E-state index in [0.717, 1.165) is 6.07 Å². The van der Waals surface area contributed by atoms with Crippen molar-refractivity contribution in [2.45, 2.75) is 6.29 Å². The Labute approximate surface area is 63.0 Å². The fraction of sp³-hybridized carbons (Fsp3) is 0.143. The summed E-state index contributed by atoms with van der Waals surface area (Å²) in [4.78, 5) is 0. The Kier molecular flexibility index (Phi) is 1.98. The van der Waals surface area contributed by atoms with Crippen molar-refractivity contribution in [3.8, 4) is 11.5 Å². The second kappa shape index (κ2) is 2.77. The minimum atomic E-state index is -1.62. The fourth-order valence-corrected chi connectivity index (χ4v) is 0.701. The SMILES string of the molecule is Oc1ccc(C(O)O)cc1O. The number of benzene rings is 1. The highest BCUT2D eigenvalue weighted by Crippen LogP contribution is 2.26. The van der Waals surface area contributed by atoms with Crippen LogP contribution < -0.4 is 0 Å². The summed E-state index contributed by atoms with van der Waals surface area (Å²) in [5.74, 6) is -0.648. The number of hydrogen-bond acceptors (Lipinski definition) is 4. The van der Waals surface area contributed by atoms with Gasteiger partial charge in [0.15, 0.2) is 17.8 Å². The molecule has 0 radical (unpaired) electrons. The summed E-state index contributed by atoms with van der Waals surface area (Å²) in [6.45, 7) is 0. The maximum absolute atomic E-state index is 8.88. The molecule has 0 aliphatic carbocycles. The first-order chi connectivity index (χ1) is 5.11. The molecule has 0 heterocycles. The molecule has 0 bridgehead atoms. The smallest absolute Gasteiger partial charge is 0.178 e. The van der Waals surface area contributed by atoms with Gasteiger partial charge in [-0.2, -0.15) is 0 Å². The second-order valence-corrected chi connectivity index (χ2v) is 2.12. The van der Waals surface area contributed by atoms with Gasteiger partial charge >= 0.3 is 0 Å². The molecule has 1 rings (SSSR count). The molecule has 4 heteroatoms. The Morgan fingerprint density at radius 3 is 2.09 bits per heavy atom. The first-order valence-corrected chi connectivity index (χ1v) is 2.99. The van der Waals surface area contributed by atoms with Crippen molar-refractivity contribution in [2.75, 3.05) is 0 Å². The largest absolute Gasteiger partial charge is 0.504 e. The molecule has 0 spiro atoms. The molecule has 11 heavy (non-hydrogen) atoms. The Balaban J connectivity index is 3.05. The molecule has 0 fully saturated rings. The maximum atomic E-state index is 8.88. The highest BCUT2D eigenvalue weighted by atomic mass is 16.5. The molecule has 0 saturated heterocycles. The van der Waals surface area contributed by atoms with Gasteiger partial charge in [-0.25, -0.2) is 0 Å². The van der Waals surface area contributed by atoms with Crippen molar-refractivity contribution in [3.05, 3.63) is 23.8 Å². The first-order valence-electron chi connectivity index (χ1n) is 2.99. The fourth-order valence-electron chi connectivity index (χ4n) is 0.701. The number of aliphatic hydroxyl groups is 2. The molecular weight excluding hydrogens is 148 g/mol. The molecule has 4 nitrogen and oxygen atoms in total. The Bertz CT molecular complexity index is 257. The number of aromatic hydroxyl groups is 2. The summed E-state index contributed by atoms with van der Waals surface area (Å²) >= 11 is 0. The van der Waals surface area contributed by atoms with Crippen LogP contribution in [0, 0.1) is 0 Å². The normalized spacial score (nSPS) is 10.5. The van der Waals surface area contributed by atoms with E-state index in [0.29, 0.717) is 0 Å². The molecule has 0 saturated carbocycles. The van der Waals surface area contributed by atoms with Gasteiger partial charge in [0.05, 0.1) is 0 Å². The van der Waals surface area contributed by atoms with E-state index < -0.39 is 6.29 Å². The number of hydrogen-bond donors (Lipinski definition) is 4. The van der Waals surface area contributed by atoms with E-state index in [2.05, 4.69) is 0 Å². The van der Waals surface area contributed by atoms with E-state index in [-0.39, 0.29) is 17.1 Å². The molecule has 0 aliphatic rings. The van der Waals surface area contributed by atoms with Crippen LogP contribution >= 0.6 is 0 Å². The predicted molar refractivity (Wildman–Crippen MR) is 37.0 cm³/mol. The van der Waals surface area contributed by atoms with Crippen LogP contribution in [0.4, 0.5) is 0 Å². The second-order valence-electron chi connectivity index (χ2n) is 2.12. The van der Waals surface area contributed by atoms with Crippen LogP contribution in [-0.4, -0.2) is 20.4 Å². The van der Waals surface area contributed by atoms with Crippen molar-refractivity contribution in [1.29, 1.82) is 0 Å². The van der Waals surface area contributed by atoms with E-state index in [4.69, 9.17) is 20.4 Å². The molecule has 0 atom stereocenters. The number of phenolic OH excluding ortho intramolecular Hbond substituents is 2. The van der Waals surface area contributed by atoms with Crippen molar-refractivity contribution in [1.82, 2.24) is 0 Å². The van der Waals surface area contributed by atoms with Crippen molar-refractivity contribution >= 4 is 0 Å². The van der Waals surface area contributed by atoms with Gasteiger partial charge in [-0.15, -0.1) is 0 Å². The first kappa shape index (κ1) is 7.84. The molecular formula is C7H8O4. The standard InChI is InChI=1S/C7H8O4/c8-5-2-1-4(7(10)11)3-6(5)9/h1-3,7-11H. The summed E-state index contributed by atoms with van der Waals surface area (Å²) in [5.41, 5.74) is 0.139. The highest BCUT2D eigenvalue weighted by molar-refractivity contribution is 5.40. The average molecular weight is 156 g/mol. The lowest BCUT2D eigenvalue weighted by molar-refractivity contribution is -0.0426. The molecule has 0 amide bonds. The molecule has 0 unspecified atom stereocenters. The van der Waals surface area contributed by atoms with Crippen LogP contribution in [0.3, 0.4) is 0 Å². The van der Waals surface area contributed by atoms with E-state index in [1.165, 1.54) is 12.1 Å². The number of aliphatic hydroxyl groups excluding tert-OH is 1. The monoisotopic (exact) mass is 156 g/mol. The van der Waals surface area contributed by atoms with E-state index in [1.807, 2.05) is 0 Å². The minimum Gasteiger partial charge on any atom is -0.504 e. The van der Waals surface area contributed by atoms with Gasteiger partial charge in [-0.05, 0) is 12.1 Å². The Morgan fingerprint density at radius 2 is 1.64 bits per heavy atom. The van der Waals surface area contributed by atoms with Crippen LogP contribution in [0.15, 0.2) is 18.2 Å².